The van der Waals surface area contributed by atoms with Crippen molar-refractivity contribution in [2.45, 2.75) is 58.7 Å². The van der Waals surface area contributed by atoms with Crippen LogP contribution in [0.2, 0.25) is 0 Å². The first-order valence-corrected chi connectivity index (χ1v) is 9.47. The van der Waals surface area contributed by atoms with Crippen molar-refractivity contribution in [1.29, 1.82) is 0 Å². The van der Waals surface area contributed by atoms with Gasteiger partial charge in [0.05, 0.1) is 13.0 Å². The predicted octanol–water partition coefficient (Wildman–Crippen LogP) is 3.88. The van der Waals surface area contributed by atoms with Gasteiger partial charge in [-0.3, -0.25) is 4.79 Å². The first kappa shape index (κ1) is 21.6. The van der Waals surface area contributed by atoms with Crippen molar-refractivity contribution < 1.29 is 14.4 Å². The lowest BCUT2D eigenvalue weighted by Gasteiger charge is -2.37. The van der Waals surface area contributed by atoms with Gasteiger partial charge < -0.3 is 10.2 Å². The van der Waals surface area contributed by atoms with Crippen LogP contribution in [-0.2, 0) is 27.4 Å². The second-order valence-corrected chi connectivity index (χ2v) is 8.41. The van der Waals surface area contributed by atoms with Crippen molar-refractivity contribution in [3.05, 3.63) is 71.8 Å². The number of carbonyl (C=O) groups is 2. The number of carbonyl (C=O) groups excluding carboxylic acids is 2. The van der Waals surface area contributed by atoms with E-state index in [4.69, 9.17) is 4.84 Å². The van der Waals surface area contributed by atoms with E-state index in [1.807, 2.05) is 81.4 Å². The molecule has 1 amide bonds. The summed E-state index contributed by atoms with van der Waals surface area (Å²) in [5, 5.41) is 4.44. The van der Waals surface area contributed by atoms with Crippen LogP contribution in [0.3, 0.4) is 0 Å². The minimum atomic E-state index is -1.05. The number of nitrogens with zero attached hydrogens (tertiary/aromatic N) is 1. The van der Waals surface area contributed by atoms with Crippen molar-refractivity contribution in [2.24, 2.45) is 0 Å². The molecule has 1 N–H and O–H groups in total. The third-order valence-electron chi connectivity index (χ3n) is 4.24. The minimum Gasteiger partial charge on any atom is -0.366 e. The lowest BCUT2D eigenvalue weighted by atomic mass is 10.00. The van der Waals surface area contributed by atoms with Gasteiger partial charge >= 0.3 is 5.97 Å². The summed E-state index contributed by atoms with van der Waals surface area (Å²) in [7, 11) is 0. The van der Waals surface area contributed by atoms with Gasteiger partial charge in [-0.1, -0.05) is 60.7 Å². The summed E-state index contributed by atoms with van der Waals surface area (Å²) in [4.78, 5) is 31.2. The maximum absolute atomic E-state index is 12.9. The maximum Gasteiger partial charge on any atom is 0.329 e. The third kappa shape index (κ3) is 6.50. The summed E-state index contributed by atoms with van der Waals surface area (Å²) >= 11 is 0. The third-order valence-corrected chi connectivity index (χ3v) is 4.24. The first-order valence-electron chi connectivity index (χ1n) is 9.47. The predicted molar refractivity (Wildman–Crippen MR) is 110 cm³/mol. The zero-order chi connectivity index (χ0) is 20.8. The molecule has 0 saturated carbocycles. The SMILES string of the molecule is CC(C)(C)NC(=O)C(C)(C)N(Cc1ccccc1)OC(=O)Cc1ccccc1. The van der Waals surface area contributed by atoms with E-state index >= 15 is 0 Å². The highest BCUT2D eigenvalue weighted by Crippen LogP contribution is 2.21. The summed E-state index contributed by atoms with van der Waals surface area (Å²) in [6.07, 6.45) is 0.142. The lowest BCUT2D eigenvalue weighted by molar-refractivity contribution is -0.220. The standard InChI is InChI=1S/C23H30N2O3/c1-22(2,3)24-21(27)23(4,5)25(17-19-14-10-7-11-15-19)28-20(26)16-18-12-8-6-9-13-18/h6-15H,16-17H2,1-5H3,(H,24,27). The van der Waals surface area contributed by atoms with Crippen molar-refractivity contribution in [3.63, 3.8) is 0 Å². The average molecular weight is 383 g/mol. The number of amides is 1. The molecule has 2 aromatic rings. The highest BCUT2D eigenvalue weighted by atomic mass is 16.7. The Kier molecular flexibility index (Phi) is 6.97. The minimum absolute atomic E-state index is 0.142. The number of hydroxylamine groups is 2. The smallest absolute Gasteiger partial charge is 0.329 e. The molecule has 5 nitrogen and oxygen atoms in total. The molecule has 28 heavy (non-hydrogen) atoms. The molecule has 0 fully saturated rings. The molecule has 5 heteroatoms. The van der Waals surface area contributed by atoms with E-state index in [9.17, 15) is 9.59 Å². The van der Waals surface area contributed by atoms with E-state index < -0.39 is 11.5 Å². The van der Waals surface area contributed by atoms with Crippen LogP contribution in [0.15, 0.2) is 60.7 Å². The monoisotopic (exact) mass is 382 g/mol. The Bertz CT molecular complexity index is 780. The normalized spacial score (nSPS) is 11.9. The molecule has 0 saturated heterocycles. The molecule has 0 unspecified atom stereocenters. The van der Waals surface area contributed by atoms with Gasteiger partial charge in [0, 0.05) is 5.54 Å². The van der Waals surface area contributed by atoms with E-state index in [1.54, 1.807) is 13.8 Å². The lowest BCUT2D eigenvalue weighted by Crippen LogP contribution is -2.58. The Morgan fingerprint density at radius 3 is 1.86 bits per heavy atom. The summed E-state index contributed by atoms with van der Waals surface area (Å²) in [5.41, 5.74) is 0.381. The average Bonchev–Trinajstić information content (AvgIpc) is 2.61. The Balaban J connectivity index is 2.20. The van der Waals surface area contributed by atoms with E-state index in [0.717, 1.165) is 11.1 Å². The largest absolute Gasteiger partial charge is 0.366 e. The van der Waals surface area contributed by atoms with Crippen LogP contribution in [0.4, 0.5) is 0 Å². The van der Waals surface area contributed by atoms with Crippen molar-refractivity contribution in [3.8, 4) is 0 Å². The number of rotatable bonds is 7. The molecule has 0 spiro atoms. The second kappa shape index (κ2) is 9.02. The van der Waals surface area contributed by atoms with Crippen LogP contribution < -0.4 is 5.32 Å². The maximum atomic E-state index is 12.9. The molecule has 0 bridgehead atoms. The number of hydrogen-bond donors (Lipinski definition) is 1. The Morgan fingerprint density at radius 2 is 1.36 bits per heavy atom. The molecular weight excluding hydrogens is 352 g/mol. The van der Waals surface area contributed by atoms with Crippen LogP contribution in [0.1, 0.15) is 45.7 Å². The van der Waals surface area contributed by atoms with Crippen LogP contribution in [0.25, 0.3) is 0 Å². The molecule has 0 radical (unpaired) electrons. The summed E-state index contributed by atoms with van der Waals surface area (Å²) in [6.45, 7) is 9.59. The van der Waals surface area contributed by atoms with Crippen LogP contribution in [-0.4, -0.2) is 28.0 Å². The molecule has 0 aromatic heterocycles. The number of hydrogen-bond acceptors (Lipinski definition) is 4. The molecule has 0 atom stereocenters. The van der Waals surface area contributed by atoms with Crippen LogP contribution in [0, 0.1) is 0 Å². The molecule has 0 aliphatic heterocycles. The van der Waals surface area contributed by atoms with Crippen molar-refractivity contribution in [2.75, 3.05) is 0 Å². The van der Waals surface area contributed by atoms with Crippen molar-refractivity contribution >= 4 is 11.9 Å². The fourth-order valence-electron chi connectivity index (χ4n) is 2.62. The van der Waals surface area contributed by atoms with E-state index in [-0.39, 0.29) is 17.9 Å². The number of nitrogens with one attached hydrogen (secondary N) is 1. The molecule has 2 aromatic carbocycles. The number of benzene rings is 2. The Hall–Kier alpha value is -2.66. The van der Waals surface area contributed by atoms with E-state index in [1.165, 1.54) is 5.06 Å². The quantitative estimate of drug-likeness (QED) is 0.738. The summed E-state index contributed by atoms with van der Waals surface area (Å²) in [6, 6.07) is 19.1. The van der Waals surface area contributed by atoms with Gasteiger partial charge in [0.25, 0.3) is 0 Å². The van der Waals surface area contributed by atoms with Crippen molar-refractivity contribution in [1.82, 2.24) is 10.4 Å². The van der Waals surface area contributed by atoms with Gasteiger partial charge in [-0.15, -0.1) is 5.06 Å². The molecule has 2 rings (SSSR count). The van der Waals surface area contributed by atoms with Crippen LogP contribution in [0.5, 0.6) is 0 Å². The molecule has 0 aliphatic rings. The molecule has 0 aliphatic carbocycles. The van der Waals surface area contributed by atoms with Crippen LogP contribution >= 0.6 is 0 Å². The highest BCUT2D eigenvalue weighted by molar-refractivity contribution is 5.86. The fourth-order valence-corrected chi connectivity index (χ4v) is 2.62. The van der Waals surface area contributed by atoms with E-state index in [0.29, 0.717) is 6.54 Å². The Morgan fingerprint density at radius 1 is 0.857 bits per heavy atom. The molecule has 150 valence electrons. The Labute approximate surface area is 167 Å². The first-order chi connectivity index (χ1) is 13.1. The highest BCUT2D eigenvalue weighted by Gasteiger charge is 2.39. The van der Waals surface area contributed by atoms with Gasteiger partial charge in [-0.05, 0) is 45.7 Å². The van der Waals surface area contributed by atoms with E-state index in [2.05, 4.69) is 5.32 Å². The molecular formula is C23H30N2O3. The topological polar surface area (TPSA) is 58.6 Å². The van der Waals surface area contributed by atoms with Gasteiger partial charge in [0.1, 0.15) is 5.54 Å². The van der Waals surface area contributed by atoms with Gasteiger partial charge in [0.15, 0.2) is 0 Å². The van der Waals surface area contributed by atoms with Gasteiger partial charge in [-0.25, -0.2) is 4.79 Å². The second-order valence-electron chi connectivity index (χ2n) is 8.41. The zero-order valence-electron chi connectivity index (χ0n) is 17.4. The fraction of sp³-hybridized carbons (Fsp3) is 0.391. The summed E-state index contributed by atoms with van der Waals surface area (Å²) < 4.78 is 0. The molecule has 0 heterocycles. The zero-order valence-corrected chi connectivity index (χ0v) is 17.4. The van der Waals surface area contributed by atoms with Gasteiger partial charge in [0.2, 0.25) is 5.91 Å². The van der Waals surface area contributed by atoms with Gasteiger partial charge in [-0.2, -0.15) is 0 Å². The summed E-state index contributed by atoms with van der Waals surface area (Å²) in [5.74, 6) is -0.609.